The van der Waals surface area contributed by atoms with Gasteiger partial charge in [-0.05, 0) is 26.7 Å². The third kappa shape index (κ3) is 3.51. The van der Waals surface area contributed by atoms with Gasteiger partial charge in [0.05, 0.1) is 12.6 Å². The highest BCUT2D eigenvalue weighted by atomic mass is 16.5. The molecule has 1 fully saturated rings. The molecule has 5 heteroatoms. The highest BCUT2D eigenvalue weighted by Crippen LogP contribution is 2.27. The van der Waals surface area contributed by atoms with E-state index in [1.807, 2.05) is 0 Å². The monoisotopic (exact) mass is 214 g/mol. The molecule has 5 nitrogen and oxygen atoms in total. The van der Waals surface area contributed by atoms with Gasteiger partial charge in [-0.1, -0.05) is 0 Å². The molecule has 0 saturated heterocycles. The number of nitrogens with two attached hydrogens (primary N) is 1. The van der Waals surface area contributed by atoms with E-state index in [2.05, 4.69) is 0 Å². The molecule has 2 N–H and O–H groups in total. The van der Waals surface area contributed by atoms with Crippen LogP contribution in [0.2, 0.25) is 0 Å². The van der Waals surface area contributed by atoms with E-state index >= 15 is 0 Å². The quantitative estimate of drug-likeness (QED) is 0.648. The van der Waals surface area contributed by atoms with Crippen molar-refractivity contribution in [1.29, 1.82) is 0 Å². The van der Waals surface area contributed by atoms with Crippen molar-refractivity contribution in [3.8, 4) is 0 Å². The molecule has 0 aliphatic heterocycles. The number of esters is 1. The third-order valence-corrected chi connectivity index (χ3v) is 2.27. The Bertz CT molecular complexity index is 249. The predicted octanol–water partition coefficient (Wildman–Crippen LogP) is -0.112. The maximum Gasteiger partial charge on any atom is 0.325 e. The normalized spacial score (nSPS) is 17.0. The van der Waals surface area contributed by atoms with Crippen LogP contribution >= 0.6 is 0 Å². The van der Waals surface area contributed by atoms with E-state index in [1.165, 1.54) is 4.90 Å². The van der Waals surface area contributed by atoms with E-state index in [0.29, 0.717) is 6.61 Å². The number of hydrogen-bond donors (Lipinski definition) is 1. The van der Waals surface area contributed by atoms with E-state index in [-0.39, 0.29) is 24.5 Å². The van der Waals surface area contributed by atoms with E-state index in [0.717, 1.165) is 12.8 Å². The van der Waals surface area contributed by atoms with E-state index in [4.69, 9.17) is 10.5 Å². The lowest BCUT2D eigenvalue weighted by molar-refractivity contribution is -0.149. The molecule has 1 rings (SSSR count). The second kappa shape index (κ2) is 5.11. The molecule has 0 aromatic carbocycles. The molecule has 15 heavy (non-hydrogen) atoms. The molecule has 0 aromatic rings. The topological polar surface area (TPSA) is 72.6 Å². The zero-order valence-corrected chi connectivity index (χ0v) is 9.23. The maximum absolute atomic E-state index is 11.7. The Labute approximate surface area is 89.6 Å². The SMILES string of the molecule is CCOC(=O)CN(C(=O)C(C)N)C1CC1. The van der Waals surface area contributed by atoms with E-state index in [9.17, 15) is 9.59 Å². The summed E-state index contributed by atoms with van der Waals surface area (Å²) in [5.41, 5.74) is 5.51. The fourth-order valence-corrected chi connectivity index (χ4v) is 1.38. The van der Waals surface area contributed by atoms with Gasteiger partial charge in [0.2, 0.25) is 5.91 Å². The second-order valence-corrected chi connectivity index (χ2v) is 3.79. The summed E-state index contributed by atoms with van der Waals surface area (Å²) < 4.78 is 4.81. The summed E-state index contributed by atoms with van der Waals surface area (Å²) in [7, 11) is 0. The first-order valence-electron chi connectivity index (χ1n) is 5.28. The molecule has 1 saturated carbocycles. The average Bonchev–Trinajstić information content (AvgIpc) is 2.96. The third-order valence-electron chi connectivity index (χ3n) is 2.27. The van der Waals surface area contributed by atoms with Crippen LogP contribution in [0.15, 0.2) is 0 Å². The Hall–Kier alpha value is -1.10. The van der Waals surface area contributed by atoms with E-state index in [1.54, 1.807) is 13.8 Å². The van der Waals surface area contributed by atoms with Crippen molar-refractivity contribution in [2.75, 3.05) is 13.2 Å². The summed E-state index contributed by atoms with van der Waals surface area (Å²) >= 11 is 0. The summed E-state index contributed by atoms with van der Waals surface area (Å²) in [5, 5.41) is 0. The zero-order valence-electron chi connectivity index (χ0n) is 9.23. The van der Waals surface area contributed by atoms with Crippen LogP contribution in [0.1, 0.15) is 26.7 Å². The van der Waals surface area contributed by atoms with Crippen molar-refractivity contribution in [3.05, 3.63) is 0 Å². The van der Waals surface area contributed by atoms with Gasteiger partial charge in [0.1, 0.15) is 6.54 Å². The van der Waals surface area contributed by atoms with Gasteiger partial charge in [-0.25, -0.2) is 0 Å². The van der Waals surface area contributed by atoms with Crippen LogP contribution in [0.5, 0.6) is 0 Å². The summed E-state index contributed by atoms with van der Waals surface area (Å²) in [4.78, 5) is 24.4. The van der Waals surface area contributed by atoms with Gasteiger partial charge in [0.25, 0.3) is 0 Å². The molecule has 1 atom stereocenters. The number of nitrogens with zero attached hydrogens (tertiary/aromatic N) is 1. The Kier molecular flexibility index (Phi) is 4.08. The minimum Gasteiger partial charge on any atom is -0.465 e. The van der Waals surface area contributed by atoms with Crippen molar-refractivity contribution < 1.29 is 14.3 Å². The van der Waals surface area contributed by atoms with Gasteiger partial charge in [-0.15, -0.1) is 0 Å². The largest absolute Gasteiger partial charge is 0.465 e. The number of amides is 1. The summed E-state index contributed by atoms with van der Waals surface area (Å²) in [6.45, 7) is 3.73. The van der Waals surface area contributed by atoms with Gasteiger partial charge in [0.15, 0.2) is 0 Å². The molecular formula is C10H18N2O3. The van der Waals surface area contributed by atoms with Crippen LogP contribution < -0.4 is 5.73 Å². The lowest BCUT2D eigenvalue weighted by Gasteiger charge is -2.22. The Morgan fingerprint density at radius 2 is 2.13 bits per heavy atom. The molecule has 0 spiro atoms. The summed E-state index contributed by atoms with van der Waals surface area (Å²) in [6, 6.07) is -0.368. The highest BCUT2D eigenvalue weighted by molar-refractivity contribution is 5.85. The van der Waals surface area contributed by atoms with Gasteiger partial charge in [0, 0.05) is 6.04 Å². The number of rotatable bonds is 5. The smallest absolute Gasteiger partial charge is 0.325 e. The zero-order chi connectivity index (χ0) is 11.4. The number of ether oxygens (including phenoxy) is 1. The first-order valence-corrected chi connectivity index (χ1v) is 5.28. The van der Waals surface area contributed by atoms with Crippen molar-refractivity contribution in [1.82, 2.24) is 4.90 Å². The van der Waals surface area contributed by atoms with Crippen molar-refractivity contribution in [2.24, 2.45) is 5.73 Å². The molecular weight excluding hydrogens is 196 g/mol. The van der Waals surface area contributed by atoms with Crippen LogP contribution in [-0.4, -0.2) is 42.0 Å². The molecule has 0 heterocycles. The fourth-order valence-electron chi connectivity index (χ4n) is 1.38. The van der Waals surface area contributed by atoms with Gasteiger partial charge >= 0.3 is 5.97 Å². The standard InChI is InChI=1S/C10H18N2O3/c1-3-15-9(13)6-12(8-4-5-8)10(14)7(2)11/h7-8H,3-6,11H2,1-2H3. The Morgan fingerprint density at radius 3 is 2.53 bits per heavy atom. The molecule has 1 amide bonds. The summed E-state index contributed by atoms with van der Waals surface area (Å²) in [6.07, 6.45) is 1.91. The Balaban J connectivity index is 2.51. The van der Waals surface area contributed by atoms with Gasteiger partial charge < -0.3 is 15.4 Å². The average molecular weight is 214 g/mol. The molecule has 1 unspecified atom stereocenters. The highest BCUT2D eigenvalue weighted by Gasteiger charge is 2.35. The van der Waals surface area contributed by atoms with Crippen molar-refractivity contribution in [2.45, 2.75) is 38.8 Å². The lowest BCUT2D eigenvalue weighted by Crippen LogP contribution is -2.46. The van der Waals surface area contributed by atoms with Crippen LogP contribution in [0.3, 0.4) is 0 Å². The first-order chi connectivity index (χ1) is 7.06. The minimum atomic E-state index is -0.556. The lowest BCUT2D eigenvalue weighted by atomic mass is 10.3. The van der Waals surface area contributed by atoms with Crippen LogP contribution in [-0.2, 0) is 14.3 Å². The van der Waals surface area contributed by atoms with Crippen LogP contribution in [0.25, 0.3) is 0 Å². The minimum absolute atomic E-state index is 0.0267. The second-order valence-electron chi connectivity index (χ2n) is 3.79. The first kappa shape index (κ1) is 12.0. The Morgan fingerprint density at radius 1 is 1.53 bits per heavy atom. The molecule has 0 bridgehead atoms. The van der Waals surface area contributed by atoms with Gasteiger partial charge in [-0.3, -0.25) is 9.59 Å². The number of hydrogen-bond acceptors (Lipinski definition) is 4. The van der Waals surface area contributed by atoms with Crippen LogP contribution in [0.4, 0.5) is 0 Å². The molecule has 1 aliphatic carbocycles. The molecule has 0 aromatic heterocycles. The number of carbonyl (C=O) groups is 2. The maximum atomic E-state index is 11.7. The summed E-state index contributed by atoms with van der Waals surface area (Å²) in [5.74, 6) is -0.538. The fraction of sp³-hybridized carbons (Fsp3) is 0.800. The number of carbonyl (C=O) groups excluding carboxylic acids is 2. The predicted molar refractivity (Wildman–Crippen MR) is 55.0 cm³/mol. The van der Waals surface area contributed by atoms with Gasteiger partial charge in [-0.2, -0.15) is 0 Å². The van der Waals surface area contributed by atoms with Crippen LogP contribution in [0, 0.1) is 0 Å². The van der Waals surface area contributed by atoms with Crippen molar-refractivity contribution >= 4 is 11.9 Å². The molecule has 0 radical (unpaired) electrons. The molecule has 1 aliphatic rings. The van der Waals surface area contributed by atoms with E-state index < -0.39 is 6.04 Å². The van der Waals surface area contributed by atoms with Crippen molar-refractivity contribution in [3.63, 3.8) is 0 Å². The molecule has 86 valence electrons.